The SMILES string of the molecule is CC.CCCCCc1cc(N2CC3(CC3)c3cnc(NC=O)cc32)nc(C(C)(F)F)n1. The molecular weight excluding hydrogens is 400 g/mol. The molecule has 0 atom stereocenters. The highest BCUT2D eigenvalue weighted by atomic mass is 19.3. The van der Waals surface area contributed by atoms with Gasteiger partial charge in [-0.1, -0.05) is 33.6 Å². The second-order valence-electron chi connectivity index (χ2n) is 8.10. The Bertz CT molecular complexity index is 925. The van der Waals surface area contributed by atoms with Crippen molar-refractivity contribution in [3.8, 4) is 0 Å². The molecule has 1 fully saturated rings. The molecule has 2 aromatic rings. The maximum atomic E-state index is 14.1. The summed E-state index contributed by atoms with van der Waals surface area (Å²) in [6.07, 6.45) is 8.05. The summed E-state index contributed by atoms with van der Waals surface area (Å²) in [5.41, 5.74) is 2.60. The minimum atomic E-state index is -3.11. The van der Waals surface area contributed by atoms with Gasteiger partial charge in [-0.2, -0.15) is 8.78 Å². The molecule has 0 saturated heterocycles. The summed E-state index contributed by atoms with van der Waals surface area (Å²) >= 11 is 0. The van der Waals surface area contributed by atoms with Crippen LogP contribution in [-0.2, 0) is 22.6 Å². The zero-order valence-electron chi connectivity index (χ0n) is 18.7. The second-order valence-corrected chi connectivity index (χ2v) is 8.10. The number of nitrogens with one attached hydrogen (secondary N) is 1. The van der Waals surface area contributed by atoms with E-state index in [2.05, 4.69) is 27.2 Å². The third-order valence-electron chi connectivity index (χ3n) is 5.74. The average molecular weight is 432 g/mol. The van der Waals surface area contributed by atoms with Crippen molar-refractivity contribution >= 4 is 23.7 Å². The van der Waals surface area contributed by atoms with E-state index in [-0.39, 0.29) is 5.41 Å². The van der Waals surface area contributed by atoms with Gasteiger partial charge in [0.15, 0.2) is 0 Å². The molecule has 168 valence electrons. The first kappa shape index (κ1) is 23.0. The molecule has 1 aliphatic carbocycles. The number of hydrogen-bond donors (Lipinski definition) is 1. The first-order valence-corrected chi connectivity index (χ1v) is 11.1. The minimum absolute atomic E-state index is 0.00423. The predicted molar refractivity (Wildman–Crippen MR) is 118 cm³/mol. The summed E-state index contributed by atoms with van der Waals surface area (Å²) in [6.45, 7) is 7.61. The lowest BCUT2D eigenvalue weighted by molar-refractivity contribution is -0.105. The molecule has 8 heteroatoms. The van der Waals surface area contributed by atoms with E-state index in [0.717, 1.165) is 50.3 Å². The number of aryl methyl sites for hydroxylation is 1. The van der Waals surface area contributed by atoms with Crippen LogP contribution in [-0.4, -0.2) is 27.9 Å². The van der Waals surface area contributed by atoms with E-state index in [1.165, 1.54) is 0 Å². The largest absolute Gasteiger partial charge is 0.325 e. The Labute approximate surface area is 182 Å². The van der Waals surface area contributed by atoms with Crippen LogP contribution in [0.4, 0.5) is 26.1 Å². The van der Waals surface area contributed by atoms with Crippen LogP contribution in [0.1, 0.15) is 76.9 Å². The lowest BCUT2D eigenvalue weighted by Gasteiger charge is -2.22. The summed E-state index contributed by atoms with van der Waals surface area (Å²) in [5.74, 6) is -2.64. The Morgan fingerprint density at radius 2 is 1.97 bits per heavy atom. The van der Waals surface area contributed by atoms with Gasteiger partial charge in [-0.3, -0.25) is 4.79 Å². The van der Waals surface area contributed by atoms with Crippen molar-refractivity contribution in [2.24, 2.45) is 0 Å². The molecule has 1 N–H and O–H groups in total. The van der Waals surface area contributed by atoms with Crippen molar-refractivity contribution in [3.63, 3.8) is 0 Å². The number of anilines is 3. The van der Waals surface area contributed by atoms with Crippen molar-refractivity contribution in [2.75, 3.05) is 16.8 Å². The number of fused-ring (bicyclic) bond motifs is 2. The number of halogens is 2. The van der Waals surface area contributed by atoms with Crippen LogP contribution in [0.5, 0.6) is 0 Å². The molecule has 1 saturated carbocycles. The number of carbonyl (C=O) groups is 1. The van der Waals surface area contributed by atoms with Gasteiger partial charge in [-0.15, -0.1) is 0 Å². The van der Waals surface area contributed by atoms with Gasteiger partial charge >= 0.3 is 5.92 Å². The average Bonchev–Trinajstić information content (AvgIpc) is 3.46. The summed E-state index contributed by atoms with van der Waals surface area (Å²) in [5, 5.41) is 2.57. The van der Waals surface area contributed by atoms with E-state index < -0.39 is 11.7 Å². The van der Waals surface area contributed by atoms with Crippen LogP contribution in [0.15, 0.2) is 18.3 Å². The molecule has 31 heavy (non-hydrogen) atoms. The highest BCUT2D eigenvalue weighted by Crippen LogP contribution is 2.58. The number of amides is 1. The Hall–Kier alpha value is -2.64. The second kappa shape index (κ2) is 9.24. The smallest absolute Gasteiger partial charge is 0.303 e. The number of unbranched alkanes of at least 4 members (excludes halogenated alkanes) is 2. The molecule has 1 spiro atoms. The van der Waals surface area contributed by atoms with Crippen LogP contribution in [0.25, 0.3) is 0 Å². The minimum Gasteiger partial charge on any atom is -0.325 e. The summed E-state index contributed by atoms with van der Waals surface area (Å²) in [6, 6.07) is 3.61. The van der Waals surface area contributed by atoms with E-state index in [0.29, 0.717) is 36.7 Å². The zero-order valence-corrected chi connectivity index (χ0v) is 18.7. The number of rotatable bonds is 8. The maximum Gasteiger partial charge on any atom is 0.303 e. The van der Waals surface area contributed by atoms with Gasteiger partial charge in [0, 0.05) is 48.5 Å². The van der Waals surface area contributed by atoms with Gasteiger partial charge in [0.05, 0.1) is 5.69 Å². The highest BCUT2D eigenvalue weighted by Gasteiger charge is 2.52. The Morgan fingerprint density at radius 1 is 1.23 bits per heavy atom. The molecule has 3 heterocycles. The molecule has 1 aliphatic heterocycles. The number of aromatic nitrogens is 3. The van der Waals surface area contributed by atoms with Gasteiger partial charge in [-0.05, 0) is 25.7 Å². The van der Waals surface area contributed by atoms with Crippen molar-refractivity contribution in [2.45, 2.75) is 77.6 Å². The normalized spacial score (nSPS) is 15.9. The summed E-state index contributed by atoms with van der Waals surface area (Å²) in [4.78, 5) is 25.5. The van der Waals surface area contributed by atoms with Gasteiger partial charge in [0.25, 0.3) is 0 Å². The highest BCUT2D eigenvalue weighted by molar-refractivity contribution is 5.77. The molecule has 6 nitrogen and oxygen atoms in total. The van der Waals surface area contributed by atoms with Gasteiger partial charge in [0.2, 0.25) is 12.2 Å². The lowest BCUT2D eigenvalue weighted by atomic mass is 10.0. The third-order valence-corrected chi connectivity index (χ3v) is 5.74. The van der Waals surface area contributed by atoms with E-state index in [1.807, 2.05) is 24.8 Å². The van der Waals surface area contributed by atoms with Gasteiger partial charge < -0.3 is 10.2 Å². The fourth-order valence-corrected chi connectivity index (χ4v) is 3.97. The molecule has 0 bridgehead atoms. The first-order valence-electron chi connectivity index (χ1n) is 11.1. The Morgan fingerprint density at radius 3 is 2.58 bits per heavy atom. The van der Waals surface area contributed by atoms with Crippen molar-refractivity contribution < 1.29 is 13.6 Å². The topological polar surface area (TPSA) is 71.0 Å². The summed E-state index contributed by atoms with van der Waals surface area (Å²) in [7, 11) is 0. The van der Waals surface area contributed by atoms with Crippen molar-refractivity contribution in [1.29, 1.82) is 0 Å². The predicted octanol–water partition coefficient (Wildman–Crippen LogP) is 5.49. The lowest BCUT2D eigenvalue weighted by Crippen LogP contribution is -2.23. The van der Waals surface area contributed by atoms with Crippen LogP contribution >= 0.6 is 0 Å². The molecule has 0 aromatic carbocycles. The molecule has 2 aromatic heterocycles. The van der Waals surface area contributed by atoms with E-state index in [4.69, 9.17) is 0 Å². The van der Waals surface area contributed by atoms with Gasteiger partial charge in [-0.25, -0.2) is 15.0 Å². The van der Waals surface area contributed by atoms with Crippen LogP contribution in [0.3, 0.4) is 0 Å². The zero-order chi connectivity index (χ0) is 22.6. The fraction of sp³-hybridized carbons (Fsp3) is 0.565. The quantitative estimate of drug-likeness (QED) is 0.442. The standard InChI is InChI=1S/C21H25F2N5O.C2H6/c1-3-4-5-6-14-9-18(27-19(26-14)20(2,22)23)28-12-21(7-8-21)15-11-24-17(25-13-29)10-16(15)28;1-2/h9-11,13H,3-8,12H2,1-2H3,(H,24,25,29);1-2H3. The van der Waals surface area contributed by atoms with Crippen molar-refractivity contribution in [3.05, 3.63) is 35.4 Å². The molecule has 0 unspecified atom stereocenters. The van der Waals surface area contributed by atoms with Crippen molar-refractivity contribution in [1.82, 2.24) is 15.0 Å². The van der Waals surface area contributed by atoms with Crippen LogP contribution < -0.4 is 10.2 Å². The van der Waals surface area contributed by atoms with E-state index in [9.17, 15) is 13.6 Å². The number of nitrogens with zero attached hydrogens (tertiary/aromatic N) is 4. The molecule has 1 amide bonds. The Balaban J connectivity index is 0.00000132. The third kappa shape index (κ3) is 4.83. The monoisotopic (exact) mass is 431 g/mol. The molecule has 2 aliphatic rings. The maximum absolute atomic E-state index is 14.1. The van der Waals surface area contributed by atoms with E-state index in [1.54, 1.807) is 12.3 Å². The number of hydrogen-bond acceptors (Lipinski definition) is 5. The molecular formula is C23H31F2N5O. The number of pyridine rings is 1. The fourth-order valence-electron chi connectivity index (χ4n) is 3.97. The van der Waals surface area contributed by atoms with Gasteiger partial charge in [0.1, 0.15) is 11.6 Å². The molecule has 0 radical (unpaired) electrons. The number of alkyl halides is 2. The van der Waals surface area contributed by atoms with E-state index >= 15 is 0 Å². The summed E-state index contributed by atoms with van der Waals surface area (Å²) < 4.78 is 28.2. The van der Waals surface area contributed by atoms with Crippen LogP contribution in [0, 0.1) is 0 Å². The molecule has 4 rings (SSSR count). The van der Waals surface area contributed by atoms with Crippen LogP contribution in [0.2, 0.25) is 0 Å². The first-order chi connectivity index (χ1) is 14.9. The Kier molecular flexibility index (Phi) is 6.86. The number of carbonyl (C=O) groups excluding carboxylic acids is 1.